The molecular weight excluding hydrogens is 877 g/mol. The van der Waals surface area contributed by atoms with E-state index in [2.05, 4.69) is 118 Å². The molecule has 1 atom stereocenters. The van der Waals surface area contributed by atoms with Gasteiger partial charge < -0.3 is 14.2 Å². The molecule has 71 heavy (non-hydrogen) atoms. The van der Waals surface area contributed by atoms with Gasteiger partial charge in [-0.25, -0.2) is 0 Å². The maximum Gasteiger partial charge on any atom is 0.306 e. The molecule has 0 radical (unpaired) electrons. The Bertz CT molecular complexity index is 1410. The molecule has 0 aromatic rings. The molecule has 0 fully saturated rings. The summed E-state index contributed by atoms with van der Waals surface area (Å²) in [5, 5.41) is 0. The third kappa shape index (κ3) is 57.1. The summed E-state index contributed by atoms with van der Waals surface area (Å²) in [5.74, 6) is -0.936. The molecule has 0 aromatic carbocycles. The van der Waals surface area contributed by atoms with E-state index in [-0.39, 0.29) is 31.1 Å². The topological polar surface area (TPSA) is 78.9 Å². The molecule has 0 spiro atoms. The van der Waals surface area contributed by atoms with E-state index in [1.165, 1.54) is 103 Å². The number of unbranched alkanes of at least 4 members (excludes halogenated alkanes) is 26. The molecule has 406 valence electrons. The quantitative estimate of drug-likeness (QED) is 0.0261. The molecule has 0 amide bonds. The predicted octanol–water partition coefficient (Wildman–Crippen LogP) is 20.1. The highest BCUT2D eigenvalue weighted by atomic mass is 16.6. The van der Waals surface area contributed by atoms with Gasteiger partial charge in [-0.15, -0.1) is 0 Å². The highest BCUT2D eigenvalue weighted by Crippen LogP contribution is 2.16. The van der Waals surface area contributed by atoms with Crippen LogP contribution in [-0.4, -0.2) is 37.2 Å². The summed E-state index contributed by atoms with van der Waals surface area (Å²) >= 11 is 0. The number of carbonyl (C=O) groups excluding carboxylic acids is 3. The standard InChI is InChI=1S/C65H110O6/c1-4-7-10-13-16-19-22-25-28-30-32-34-37-40-43-46-49-52-55-58-64(67)70-61-62(60-69-63(66)57-54-51-48-45-42-39-36-27-24-21-18-15-12-9-6-3)71-65(68)59-56-53-50-47-44-41-38-35-33-31-29-26-23-20-17-14-11-8-5-2/h7,9-10,12,16,18-19,21,25,27-28,32,34,36,40,43,62H,4-6,8,11,13-15,17,20,22-24,26,29-31,33,35,37-39,41-42,44-61H2,1-3H3/b10-7-,12-9-,19-16-,21-18-,28-25-,34-32-,36-27-,43-40-. The molecule has 0 saturated heterocycles. The minimum absolute atomic E-state index is 0.0960. The minimum Gasteiger partial charge on any atom is -0.462 e. The number of esters is 3. The van der Waals surface area contributed by atoms with Crippen molar-refractivity contribution in [1.82, 2.24) is 0 Å². The van der Waals surface area contributed by atoms with E-state index in [0.29, 0.717) is 19.3 Å². The summed E-state index contributed by atoms with van der Waals surface area (Å²) in [6, 6.07) is 0. The number of ether oxygens (including phenoxy) is 3. The average molecular weight is 988 g/mol. The van der Waals surface area contributed by atoms with Crippen LogP contribution in [0.4, 0.5) is 0 Å². The fraction of sp³-hybridized carbons (Fsp3) is 0.708. The molecular formula is C65H110O6. The van der Waals surface area contributed by atoms with Gasteiger partial charge in [0, 0.05) is 19.3 Å². The van der Waals surface area contributed by atoms with Gasteiger partial charge in [0.25, 0.3) is 0 Å². The number of hydrogen-bond donors (Lipinski definition) is 0. The maximum atomic E-state index is 12.9. The molecule has 0 N–H and O–H groups in total. The van der Waals surface area contributed by atoms with E-state index in [1.54, 1.807) is 0 Å². The monoisotopic (exact) mass is 987 g/mol. The Hall–Kier alpha value is -3.67. The van der Waals surface area contributed by atoms with Crippen molar-refractivity contribution >= 4 is 17.9 Å². The van der Waals surface area contributed by atoms with E-state index in [1.807, 2.05) is 0 Å². The van der Waals surface area contributed by atoms with Crippen molar-refractivity contribution in [1.29, 1.82) is 0 Å². The molecule has 1 unspecified atom stereocenters. The summed E-state index contributed by atoms with van der Waals surface area (Å²) in [4.78, 5) is 38.2. The van der Waals surface area contributed by atoms with Crippen LogP contribution >= 0.6 is 0 Å². The molecule has 0 aromatic heterocycles. The fourth-order valence-electron chi connectivity index (χ4n) is 8.19. The lowest BCUT2D eigenvalue weighted by atomic mass is 10.0. The number of hydrogen-bond acceptors (Lipinski definition) is 6. The zero-order chi connectivity index (χ0) is 51.4. The van der Waals surface area contributed by atoms with Gasteiger partial charge in [0.15, 0.2) is 6.10 Å². The number of allylic oxidation sites excluding steroid dienone is 16. The van der Waals surface area contributed by atoms with Crippen molar-refractivity contribution in [2.45, 2.75) is 284 Å². The van der Waals surface area contributed by atoms with E-state index in [4.69, 9.17) is 14.2 Å². The van der Waals surface area contributed by atoms with Gasteiger partial charge in [0.1, 0.15) is 13.2 Å². The van der Waals surface area contributed by atoms with Crippen molar-refractivity contribution in [2.24, 2.45) is 0 Å². The first-order valence-electron chi connectivity index (χ1n) is 29.7. The third-order valence-corrected chi connectivity index (χ3v) is 12.6. The van der Waals surface area contributed by atoms with Crippen LogP contribution < -0.4 is 0 Å². The first kappa shape index (κ1) is 67.3. The maximum absolute atomic E-state index is 12.9. The van der Waals surface area contributed by atoms with Crippen molar-refractivity contribution in [3.8, 4) is 0 Å². The number of rotatable bonds is 53. The molecule has 0 aliphatic carbocycles. The van der Waals surface area contributed by atoms with Crippen LogP contribution in [0.5, 0.6) is 0 Å². The van der Waals surface area contributed by atoms with E-state index >= 15 is 0 Å². The molecule has 0 bridgehead atoms. The summed E-state index contributed by atoms with van der Waals surface area (Å²) in [6.45, 7) is 6.39. The number of carbonyl (C=O) groups is 3. The van der Waals surface area contributed by atoms with E-state index < -0.39 is 6.10 Å². The lowest BCUT2D eigenvalue weighted by Crippen LogP contribution is -2.30. The Morgan fingerprint density at radius 1 is 0.296 bits per heavy atom. The third-order valence-electron chi connectivity index (χ3n) is 12.6. The molecule has 0 rings (SSSR count). The largest absolute Gasteiger partial charge is 0.462 e. The van der Waals surface area contributed by atoms with Crippen LogP contribution in [0.2, 0.25) is 0 Å². The second-order valence-electron chi connectivity index (χ2n) is 19.5. The minimum atomic E-state index is -0.799. The highest BCUT2D eigenvalue weighted by Gasteiger charge is 2.19. The first-order valence-corrected chi connectivity index (χ1v) is 29.7. The summed E-state index contributed by atoms with van der Waals surface area (Å²) in [7, 11) is 0. The second kappa shape index (κ2) is 58.9. The second-order valence-corrected chi connectivity index (χ2v) is 19.5. The predicted molar refractivity (Wildman–Crippen MR) is 307 cm³/mol. The molecule has 0 heterocycles. The molecule has 0 aliphatic heterocycles. The first-order chi connectivity index (χ1) is 35.0. The Labute approximate surface area is 438 Å². The van der Waals surface area contributed by atoms with Gasteiger partial charge >= 0.3 is 17.9 Å². The summed E-state index contributed by atoms with van der Waals surface area (Å²) in [5.41, 5.74) is 0. The zero-order valence-corrected chi connectivity index (χ0v) is 46.5. The van der Waals surface area contributed by atoms with Crippen LogP contribution in [0, 0.1) is 0 Å². The van der Waals surface area contributed by atoms with Crippen LogP contribution in [0.15, 0.2) is 97.2 Å². The molecule has 6 heteroatoms. The van der Waals surface area contributed by atoms with Gasteiger partial charge in [-0.05, 0) is 96.3 Å². The van der Waals surface area contributed by atoms with E-state index in [0.717, 1.165) is 135 Å². The summed E-state index contributed by atoms with van der Waals surface area (Å²) < 4.78 is 16.9. The van der Waals surface area contributed by atoms with Crippen LogP contribution in [0.25, 0.3) is 0 Å². The van der Waals surface area contributed by atoms with E-state index in [9.17, 15) is 14.4 Å². The lowest BCUT2D eigenvalue weighted by Gasteiger charge is -2.18. The SMILES string of the molecule is CC/C=C\C/C=C\C/C=C\C/C=C\C/C=C\CCCCCC(=O)OCC(COC(=O)CCCCCCC/C=C\C/C=C\C/C=C\CC)OC(=O)CCCCCCCCCCCCCCCCCCCCC. The van der Waals surface area contributed by atoms with Crippen molar-refractivity contribution < 1.29 is 28.6 Å². The lowest BCUT2D eigenvalue weighted by molar-refractivity contribution is -0.167. The normalized spacial score (nSPS) is 12.8. The van der Waals surface area contributed by atoms with Gasteiger partial charge in [-0.3, -0.25) is 14.4 Å². The Morgan fingerprint density at radius 2 is 0.549 bits per heavy atom. The molecule has 0 aliphatic rings. The van der Waals surface area contributed by atoms with Gasteiger partial charge in [0.05, 0.1) is 0 Å². The van der Waals surface area contributed by atoms with Crippen LogP contribution in [0.3, 0.4) is 0 Å². The Morgan fingerprint density at radius 3 is 0.873 bits per heavy atom. The van der Waals surface area contributed by atoms with Crippen molar-refractivity contribution in [3.05, 3.63) is 97.2 Å². The fourth-order valence-corrected chi connectivity index (χ4v) is 8.19. The van der Waals surface area contributed by atoms with Crippen molar-refractivity contribution in [2.75, 3.05) is 13.2 Å². The summed E-state index contributed by atoms with van der Waals surface area (Å²) in [6.07, 6.45) is 78.3. The van der Waals surface area contributed by atoms with Crippen LogP contribution in [0.1, 0.15) is 278 Å². The van der Waals surface area contributed by atoms with Crippen molar-refractivity contribution in [3.63, 3.8) is 0 Å². The molecule has 6 nitrogen and oxygen atoms in total. The smallest absolute Gasteiger partial charge is 0.306 e. The van der Waals surface area contributed by atoms with Gasteiger partial charge in [-0.2, -0.15) is 0 Å². The van der Waals surface area contributed by atoms with Gasteiger partial charge in [0.2, 0.25) is 0 Å². The molecule has 0 saturated carbocycles. The average Bonchev–Trinajstić information content (AvgIpc) is 3.37. The Kier molecular flexibility index (Phi) is 55.9. The Balaban J connectivity index is 4.44. The zero-order valence-electron chi connectivity index (χ0n) is 46.5. The highest BCUT2D eigenvalue weighted by molar-refractivity contribution is 5.71. The van der Waals surface area contributed by atoms with Gasteiger partial charge in [-0.1, -0.05) is 259 Å². The van der Waals surface area contributed by atoms with Crippen LogP contribution in [-0.2, 0) is 28.6 Å².